The van der Waals surface area contributed by atoms with Gasteiger partial charge in [-0.3, -0.25) is 23.9 Å². The molecule has 1 aromatic heterocycles. The Morgan fingerprint density at radius 1 is 1.14 bits per heavy atom. The number of carbonyl (C=O) groups is 2. The predicted octanol–water partition coefficient (Wildman–Crippen LogP) is 2.69. The first-order valence-corrected chi connectivity index (χ1v) is 8.82. The SMILES string of the molecule is CCC(=O)N(C)c1nc2ccccc2n(CC(=O)Nc2cc(F)cc(F)c2)c1=O. The Hall–Kier alpha value is -3.62. The molecule has 0 radical (unpaired) electrons. The molecule has 0 fully saturated rings. The lowest BCUT2D eigenvalue weighted by Gasteiger charge is -2.18. The van der Waals surface area contributed by atoms with E-state index >= 15 is 0 Å². The molecule has 7 nitrogen and oxygen atoms in total. The van der Waals surface area contributed by atoms with E-state index in [0.29, 0.717) is 17.1 Å². The number of halogens is 2. The van der Waals surface area contributed by atoms with Gasteiger partial charge in [-0.15, -0.1) is 0 Å². The van der Waals surface area contributed by atoms with Crippen molar-refractivity contribution in [2.75, 3.05) is 17.3 Å². The summed E-state index contributed by atoms with van der Waals surface area (Å²) in [5.41, 5.74) is 0.104. The molecule has 0 bridgehead atoms. The highest BCUT2D eigenvalue weighted by molar-refractivity contribution is 5.94. The second-order valence-electron chi connectivity index (χ2n) is 6.33. The lowest BCUT2D eigenvalue weighted by atomic mass is 10.2. The minimum atomic E-state index is -0.839. The van der Waals surface area contributed by atoms with Crippen LogP contribution in [-0.4, -0.2) is 28.4 Å². The van der Waals surface area contributed by atoms with Crippen LogP contribution in [0.1, 0.15) is 13.3 Å². The summed E-state index contributed by atoms with van der Waals surface area (Å²) >= 11 is 0. The number of para-hydroxylation sites is 2. The maximum Gasteiger partial charge on any atom is 0.294 e. The number of nitrogens with zero attached hydrogens (tertiary/aromatic N) is 3. The fourth-order valence-corrected chi connectivity index (χ4v) is 2.88. The van der Waals surface area contributed by atoms with Crippen LogP contribution in [0.4, 0.5) is 20.3 Å². The summed E-state index contributed by atoms with van der Waals surface area (Å²) in [5.74, 6) is -2.76. The minimum absolute atomic E-state index is 0.0718. The number of hydrogen-bond acceptors (Lipinski definition) is 4. The number of benzene rings is 2. The maximum atomic E-state index is 13.3. The predicted molar refractivity (Wildman–Crippen MR) is 105 cm³/mol. The summed E-state index contributed by atoms with van der Waals surface area (Å²) in [6.07, 6.45) is 0.177. The van der Waals surface area contributed by atoms with Gasteiger partial charge in [-0.25, -0.2) is 13.8 Å². The number of hydrogen-bond donors (Lipinski definition) is 1. The molecule has 0 saturated carbocycles. The van der Waals surface area contributed by atoms with Gasteiger partial charge in [0.2, 0.25) is 17.6 Å². The molecule has 3 aromatic rings. The molecule has 0 aliphatic heterocycles. The van der Waals surface area contributed by atoms with Gasteiger partial charge in [0.05, 0.1) is 11.0 Å². The van der Waals surface area contributed by atoms with Crippen LogP contribution in [0.25, 0.3) is 11.0 Å². The Morgan fingerprint density at radius 3 is 2.45 bits per heavy atom. The van der Waals surface area contributed by atoms with Crippen molar-refractivity contribution in [1.29, 1.82) is 0 Å². The number of amides is 2. The third-order valence-electron chi connectivity index (χ3n) is 4.28. The zero-order valence-corrected chi connectivity index (χ0v) is 15.8. The Labute approximate surface area is 164 Å². The third kappa shape index (κ3) is 4.29. The van der Waals surface area contributed by atoms with Crippen molar-refractivity contribution in [3.8, 4) is 0 Å². The minimum Gasteiger partial charge on any atom is -0.324 e. The first kappa shape index (κ1) is 20.1. The van der Waals surface area contributed by atoms with Gasteiger partial charge in [0.1, 0.15) is 18.2 Å². The zero-order chi connectivity index (χ0) is 21.1. The van der Waals surface area contributed by atoms with Crippen molar-refractivity contribution in [3.05, 3.63) is 64.5 Å². The van der Waals surface area contributed by atoms with E-state index in [9.17, 15) is 23.2 Å². The second kappa shape index (κ2) is 8.17. The van der Waals surface area contributed by atoms with E-state index in [-0.39, 0.29) is 23.8 Å². The van der Waals surface area contributed by atoms with E-state index in [0.717, 1.165) is 17.0 Å². The monoisotopic (exact) mass is 400 g/mol. The number of nitrogens with one attached hydrogen (secondary N) is 1. The molecule has 29 heavy (non-hydrogen) atoms. The second-order valence-corrected chi connectivity index (χ2v) is 6.33. The van der Waals surface area contributed by atoms with Crippen LogP contribution in [0.2, 0.25) is 0 Å². The molecule has 0 spiro atoms. The number of carbonyl (C=O) groups excluding carboxylic acids is 2. The molecule has 3 rings (SSSR count). The molecule has 0 unspecified atom stereocenters. The third-order valence-corrected chi connectivity index (χ3v) is 4.28. The average Bonchev–Trinajstić information content (AvgIpc) is 2.67. The molecule has 2 aromatic carbocycles. The molecule has 0 atom stereocenters. The van der Waals surface area contributed by atoms with Crippen LogP contribution < -0.4 is 15.8 Å². The molecule has 2 amide bonds. The number of fused-ring (bicyclic) bond motifs is 1. The summed E-state index contributed by atoms with van der Waals surface area (Å²) < 4.78 is 27.8. The summed E-state index contributed by atoms with van der Waals surface area (Å²) in [6, 6.07) is 9.28. The van der Waals surface area contributed by atoms with Crippen LogP contribution in [0.15, 0.2) is 47.3 Å². The van der Waals surface area contributed by atoms with E-state index < -0.39 is 29.6 Å². The Morgan fingerprint density at radius 2 is 1.79 bits per heavy atom. The van der Waals surface area contributed by atoms with E-state index in [1.54, 1.807) is 31.2 Å². The molecule has 0 aliphatic carbocycles. The fraction of sp³-hybridized carbons (Fsp3) is 0.200. The van der Waals surface area contributed by atoms with Gasteiger partial charge < -0.3 is 5.32 Å². The van der Waals surface area contributed by atoms with E-state index in [1.807, 2.05) is 0 Å². The molecule has 0 aliphatic rings. The average molecular weight is 400 g/mol. The first-order chi connectivity index (χ1) is 13.8. The summed E-state index contributed by atoms with van der Waals surface area (Å²) in [4.78, 5) is 42.8. The standard InChI is InChI=1S/C20H18F2N4O3/c1-3-18(28)25(2)19-20(29)26(16-7-5-4-6-15(16)24-19)11-17(27)23-14-9-12(21)8-13(22)10-14/h4-10H,3,11H2,1-2H3,(H,23,27). The van der Waals surface area contributed by atoms with Crippen LogP contribution in [0.3, 0.4) is 0 Å². The summed E-state index contributed by atoms with van der Waals surface area (Å²) in [7, 11) is 1.43. The topological polar surface area (TPSA) is 84.3 Å². The van der Waals surface area contributed by atoms with Crippen molar-refractivity contribution in [2.45, 2.75) is 19.9 Å². The molecular weight excluding hydrogens is 382 g/mol. The molecular formula is C20H18F2N4O3. The highest BCUT2D eigenvalue weighted by Gasteiger charge is 2.19. The first-order valence-electron chi connectivity index (χ1n) is 8.82. The van der Waals surface area contributed by atoms with Gasteiger partial charge >= 0.3 is 0 Å². The lowest BCUT2D eigenvalue weighted by molar-refractivity contribution is -0.118. The molecule has 0 saturated heterocycles. The molecule has 1 N–H and O–H groups in total. The fourth-order valence-electron chi connectivity index (χ4n) is 2.88. The van der Waals surface area contributed by atoms with Crippen molar-refractivity contribution in [1.82, 2.24) is 9.55 Å². The Bertz CT molecular complexity index is 1140. The molecule has 1 heterocycles. The highest BCUT2D eigenvalue weighted by atomic mass is 19.1. The van der Waals surface area contributed by atoms with Gasteiger partial charge in [0.25, 0.3) is 5.56 Å². The van der Waals surface area contributed by atoms with Crippen molar-refractivity contribution >= 4 is 34.4 Å². The molecule has 150 valence electrons. The van der Waals surface area contributed by atoms with E-state index in [1.165, 1.54) is 11.6 Å². The van der Waals surface area contributed by atoms with Crippen LogP contribution in [0.5, 0.6) is 0 Å². The quantitative estimate of drug-likeness (QED) is 0.714. The van der Waals surface area contributed by atoms with Gasteiger partial charge in [0.15, 0.2) is 0 Å². The zero-order valence-electron chi connectivity index (χ0n) is 15.8. The van der Waals surface area contributed by atoms with Crippen molar-refractivity contribution < 1.29 is 18.4 Å². The van der Waals surface area contributed by atoms with Gasteiger partial charge in [-0.05, 0) is 24.3 Å². The summed E-state index contributed by atoms with van der Waals surface area (Å²) in [6.45, 7) is 1.23. The van der Waals surface area contributed by atoms with Gasteiger partial charge in [0, 0.05) is 25.2 Å². The van der Waals surface area contributed by atoms with Gasteiger partial charge in [-0.1, -0.05) is 19.1 Å². The Balaban J connectivity index is 2.01. The number of aromatic nitrogens is 2. The van der Waals surface area contributed by atoms with E-state index in [2.05, 4.69) is 10.3 Å². The molecule has 9 heteroatoms. The number of rotatable bonds is 5. The maximum absolute atomic E-state index is 13.3. The van der Waals surface area contributed by atoms with Crippen LogP contribution in [0, 0.1) is 11.6 Å². The van der Waals surface area contributed by atoms with Crippen LogP contribution in [-0.2, 0) is 16.1 Å². The smallest absolute Gasteiger partial charge is 0.294 e. The van der Waals surface area contributed by atoms with E-state index in [4.69, 9.17) is 0 Å². The van der Waals surface area contributed by atoms with Gasteiger partial charge in [-0.2, -0.15) is 0 Å². The van der Waals surface area contributed by atoms with Crippen LogP contribution >= 0.6 is 0 Å². The largest absolute Gasteiger partial charge is 0.324 e. The Kier molecular flexibility index (Phi) is 5.67. The van der Waals surface area contributed by atoms with Crippen molar-refractivity contribution in [3.63, 3.8) is 0 Å². The normalized spacial score (nSPS) is 10.8. The number of anilines is 2. The lowest BCUT2D eigenvalue weighted by Crippen LogP contribution is -2.36. The van der Waals surface area contributed by atoms with Crippen molar-refractivity contribution in [2.24, 2.45) is 0 Å². The summed E-state index contributed by atoms with van der Waals surface area (Å²) in [5, 5.41) is 2.37. The highest BCUT2D eigenvalue weighted by Crippen LogP contribution is 2.16.